The van der Waals surface area contributed by atoms with Crippen LogP contribution in [0.1, 0.15) is 40.0 Å². The molecule has 0 N–H and O–H groups in total. The predicted molar refractivity (Wildman–Crippen MR) is 137 cm³/mol. The average molecular weight is 695 g/mol. The fraction of sp³-hybridized carbons (Fsp3) is 0.538. The van der Waals surface area contributed by atoms with Crippen molar-refractivity contribution in [2.75, 3.05) is 58.8 Å². The van der Waals surface area contributed by atoms with Crippen molar-refractivity contribution in [2.45, 2.75) is 40.0 Å². The second-order valence-electron chi connectivity index (χ2n) is 9.45. The predicted octanol–water partition coefficient (Wildman–Crippen LogP) is -1.08. The number of nitrogens with zero attached hydrogens (tertiary/aromatic N) is 4. The van der Waals surface area contributed by atoms with Gasteiger partial charge in [-0.05, 0) is 31.2 Å². The molecule has 184 valence electrons. The number of fused-ring (bicyclic) bond motifs is 2. The van der Waals surface area contributed by atoms with Crippen LogP contribution in [0.5, 0.6) is 0 Å². The molecule has 2 aliphatic rings. The Morgan fingerprint density at radius 3 is 2.24 bits per heavy atom. The van der Waals surface area contributed by atoms with Gasteiger partial charge in [0.05, 0.1) is 48.5 Å². The Labute approximate surface area is 238 Å². The number of quaternary nitrogens is 1. The van der Waals surface area contributed by atoms with Crippen LogP contribution >= 0.6 is 11.3 Å². The second-order valence-corrected chi connectivity index (χ2v) is 10.5. The van der Waals surface area contributed by atoms with Gasteiger partial charge in [-0.25, -0.2) is 9.56 Å². The van der Waals surface area contributed by atoms with Crippen molar-refractivity contribution in [2.24, 2.45) is 0 Å². The topological polar surface area (TPSA) is 19.1 Å². The van der Waals surface area contributed by atoms with Gasteiger partial charge >= 0.3 is 0 Å². The van der Waals surface area contributed by atoms with Gasteiger partial charge in [0, 0.05) is 50.2 Å². The van der Waals surface area contributed by atoms with Crippen LogP contribution in [0, 0.1) is 0 Å². The van der Waals surface area contributed by atoms with Crippen LogP contribution < -0.4 is 62.8 Å². The van der Waals surface area contributed by atoms with Gasteiger partial charge < -0.3 is 57.3 Å². The lowest BCUT2D eigenvalue weighted by Gasteiger charge is -2.27. The Hall–Kier alpha value is -0.520. The lowest BCUT2D eigenvalue weighted by molar-refractivity contribution is -0.870. The third-order valence-electron chi connectivity index (χ3n) is 5.70. The van der Waals surface area contributed by atoms with Crippen molar-refractivity contribution in [3.05, 3.63) is 41.8 Å². The van der Waals surface area contributed by atoms with Gasteiger partial charge in [0.25, 0.3) is 0 Å². The summed E-state index contributed by atoms with van der Waals surface area (Å²) < 4.78 is 4.78. The van der Waals surface area contributed by atoms with Crippen LogP contribution in [0.2, 0.25) is 0 Å². The number of aromatic nitrogens is 1. The van der Waals surface area contributed by atoms with Gasteiger partial charge in [-0.15, -0.1) is 11.3 Å². The summed E-state index contributed by atoms with van der Waals surface area (Å²) in [5, 5.41) is 1.32. The highest BCUT2D eigenvalue weighted by Crippen LogP contribution is 2.32. The van der Waals surface area contributed by atoms with E-state index in [1.807, 2.05) is 11.3 Å². The quantitative estimate of drug-likeness (QED) is 0.117. The zero-order valence-corrected chi connectivity index (χ0v) is 26.2. The molecule has 1 aliphatic heterocycles. The molecular weight excluding hydrogens is 654 g/mol. The first-order chi connectivity index (χ1) is 14.8. The molecule has 0 amide bonds. The molecule has 0 spiro atoms. The third-order valence-corrected chi connectivity index (χ3v) is 6.80. The minimum Gasteiger partial charge on any atom is -1.00 e. The highest BCUT2D eigenvalue weighted by molar-refractivity contribution is 7.21. The van der Waals surface area contributed by atoms with Crippen LogP contribution in [-0.2, 0) is 0 Å². The molecule has 0 aromatic heterocycles. The minimum absolute atomic E-state index is 0. The van der Waals surface area contributed by atoms with Crippen molar-refractivity contribution >= 4 is 27.2 Å². The molecule has 7 heteroatoms. The Balaban J connectivity index is 0.00000272. The van der Waals surface area contributed by atoms with Crippen LogP contribution in [0.15, 0.2) is 36.4 Å². The summed E-state index contributed by atoms with van der Waals surface area (Å²) in [4.78, 5) is 8.73. The zero-order valence-electron chi connectivity index (χ0n) is 21.1. The van der Waals surface area contributed by atoms with E-state index in [0.29, 0.717) is 0 Å². The maximum atomic E-state index is 4.96. The fourth-order valence-corrected chi connectivity index (χ4v) is 5.14. The molecule has 0 atom stereocenters. The first-order valence-electron chi connectivity index (χ1n) is 11.8. The van der Waals surface area contributed by atoms with E-state index in [9.17, 15) is 0 Å². The molecule has 0 unspecified atom stereocenters. The van der Waals surface area contributed by atoms with Crippen molar-refractivity contribution in [1.29, 1.82) is 0 Å². The number of anilines is 1. The summed E-state index contributed by atoms with van der Waals surface area (Å²) in [5.74, 6) is 0. The normalized spacial score (nSPS) is 11.2. The molecule has 4 nitrogen and oxygen atoms in total. The molecule has 0 saturated heterocycles. The van der Waals surface area contributed by atoms with E-state index in [1.165, 1.54) is 46.4 Å². The number of rotatable bonds is 10. The Kier molecular flexibility index (Phi) is 13.1. The molecule has 0 bridgehead atoms. The van der Waals surface area contributed by atoms with E-state index in [0.717, 1.165) is 41.9 Å². The van der Waals surface area contributed by atoms with Gasteiger partial charge in [-0.2, -0.15) is 0 Å². The molecule has 1 heterocycles. The van der Waals surface area contributed by atoms with E-state index < -0.39 is 0 Å². The maximum absolute atomic E-state index is 4.96. The first kappa shape index (κ1) is 30.5. The van der Waals surface area contributed by atoms with Crippen LogP contribution in [0.4, 0.5) is 5.69 Å². The van der Waals surface area contributed by atoms with Crippen LogP contribution in [0.25, 0.3) is 20.8 Å². The lowest BCUT2D eigenvalue weighted by Crippen LogP contribution is -3.00. The van der Waals surface area contributed by atoms with E-state index in [4.69, 9.17) is 4.98 Å². The molecule has 0 radical (unpaired) electrons. The summed E-state index contributed by atoms with van der Waals surface area (Å²) in [6.45, 7) is 12.3. The highest BCUT2D eigenvalue weighted by Gasteiger charge is 2.13. The molecule has 0 fully saturated rings. The standard InChI is InChI=1S/C26H40N4S.2HI/c1-7-15-29(16-8-2)22-12-14-24-26(20-22)31-25-19-21(11-13-23(25)27-24)28(9-3)17-10-18-30(4,5)6;;/h11-14,19-20H,7-10,15-18H2,1-6H3;2*1H/q+2;;/p-2. The van der Waals surface area contributed by atoms with Gasteiger partial charge in [0.15, 0.2) is 0 Å². The molecular formula is C26H40I2N4S. The van der Waals surface area contributed by atoms with Gasteiger partial charge in [0.1, 0.15) is 13.1 Å². The van der Waals surface area contributed by atoms with E-state index in [1.54, 1.807) is 0 Å². The minimum atomic E-state index is 0. The van der Waals surface area contributed by atoms with E-state index in [2.05, 4.69) is 87.8 Å². The third kappa shape index (κ3) is 8.58. The number of benzene rings is 2. The summed E-state index contributed by atoms with van der Waals surface area (Å²) in [7, 11) is 6.80. The molecule has 1 aromatic rings. The second kappa shape index (κ2) is 14.1. The SMILES string of the molecule is CCC[N+](CCC)=c1ccc2nc3ccc(N(CC)CCC[N+](C)(C)C)cc3sc-2c1.[I-].[I-]. The van der Waals surface area contributed by atoms with Crippen LogP contribution in [-0.4, -0.2) is 63.3 Å². The molecule has 1 aromatic carbocycles. The lowest BCUT2D eigenvalue weighted by atomic mass is 10.2. The Morgan fingerprint density at radius 1 is 0.939 bits per heavy atom. The highest BCUT2D eigenvalue weighted by atomic mass is 127. The number of hydrogen-bond acceptors (Lipinski definition) is 3. The Bertz CT molecular complexity index is 1030. The van der Waals surface area contributed by atoms with Crippen LogP contribution in [0.3, 0.4) is 0 Å². The largest absolute Gasteiger partial charge is 1.00 e. The van der Waals surface area contributed by atoms with Gasteiger partial charge in [0.2, 0.25) is 5.36 Å². The summed E-state index contributed by atoms with van der Waals surface area (Å²) in [5.41, 5.74) is 3.50. The molecule has 33 heavy (non-hydrogen) atoms. The van der Waals surface area contributed by atoms with Crippen molar-refractivity contribution in [1.82, 2.24) is 9.56 Å². The number of hydrogen-bond donors (Lipinski definition) is 0. The molecule has 3 rings (SSSR count). The van der Waals surface area contributed by atoms with Crippen molar-refractivity contribution in [3.63, 3.8) is 0 Å². The van der Waals surface area contributed by atoms with Gasteiger partial charge in [-0.3, -0.25) is 0 Å². The smallest absolute Gasteiger partial charge is 0.201 e. The summed E-state index contributed by atoms with van der Waals surface area (Å²) in [6, 6.07) is 13.5. The summed E-state index contributed by atoms with van der Waals surface area (Å²) >= 11 is 1.87. The Morgan fingerprint density at radius 2 is 1.64 bits per heavy atom. The van der Waals surface area contributed by atoms with Gasteiger partial charge in [-0.1, -0.05) is 13.8 Å². The van der Waals surface area contributed by atoms with E-state index in [-0.39, 0.29) is 48.0 Å². The first-order valence-corrected chi connectivity index (χ1v) is 12.6. The number of halogens is 2. The van der Waals surface area contributed by atoms with E-state index >= 15 is 0 Å². The van der Waals surface area contributed by atoms with Crippen molar-refractivity contribution < 1.29 is 52.4 Å². The molecule has 1 aliphatic carbocycles. The monoisotopic (exact) mass is 694 g/mol. The summed E-state index contributed by atoms with van der Waals surface area (Å²) in [6.07, 6.45) is 3.53. The van der Waals surface area contributed by atoms with Crippen molar-refractivity contribution in [3.8, 4) is 10.6 Å². The molecule has 0 saturated carbocycles. The fourth-order valence-electron chi connectivity index (χ4n) is 4.11. The average Bonchev–Trinajstić information content (AvgIpc) is 2.73. The zero-order chi connectivity index (χ0) is 22.4. The maximum Gasteiger partial charge on any atom is 0.201 e.